The number of carbonyl (C=O) groups is 3. The van der Waals surface area contributed by atoms with E-state index in [0.29, 0.717) is 33.8 Å². The van der Waals surface area contributed by atoms with E-state index in [2.05, 4.69) is 15.6 Å². The van der Waals surface area contributed by atoms with E-state index in [1.807, 2.05) is 0 Å². The third-order valence-corrected chi connectivity index (χ3v) is 5.47. The van der Waals surface area contributed by atoms with Crippen molar-refractivity contribution in [2.45, 2.75) is 45.3 Å². The molecule has 2 heterocycles. The first-order valence-corrected chi connectivity index (χ1v) is 10.4. The molecule has 0 fully saturated rings. The van der Waals surface area contributed by atoms with E-state index in [9.17, 15) is 29.0 Å². The molecule has 2 amide bonds. The molecular weight excluding hydrogens is 433 g/mol. The Morgan fingerprint density at radius 3 is 2.64 bits per heavy atom. The highest BCUT2D eigenvalue weighted by Gasteiger charge is 2.26. The number of carbonyl (C=O) groups excluding carboxylic acids is 2. The van der Waals surface area contributed by atoms with Crippen LogP contribution < -0.4 is 10.6 Å². The van der Waals surface area contributed by atoms with Crippen LogP contribution in [0.15, 0.2) is 18.2 Å². The number of benzene rings is 1. The Morgan fingerprint density at radius 1 is 1.21 bits per heavy atom. The molecule has 33 heavy (non-hydrogen) atoms. The summed E-state index contributed by atoms with van der Waals surface area (Å²) in [6, 6.07) is 4.03. The van der Waals surface area contributed by atoms with Crippen LogP contribution in [0.5, 0.6) is 0 Å². The third-order valence-electron chi connectivity index (χ3n) is 5.47. The third kappa shape index (κ3) is 5.65. The molecule has 2 aromatic rings. The largest absolute Gasteiger partial charge is 0.481 e. The Balaban J connectivity index is 1.68. The number of aliphatic carboxylic acids is 1. The van der Waals surface area contributed by atoms with E-state index in [4.69, 9.17) is 5.11 Å². The Labute approximate surface area is 189 Å². The van der Waals surface area contributed by atoms with Gasteiger partial charge in [-0.05, 0) is 56.5 Å². The van der Waals surface area contributed by atoms with Gasteiger partial charge in [0, 0.05) is 29.2 Å². The highest BCUT2D eigenvalue weighted by Crippen LogP contribution is 2.34. The Hall–Kier alpha value is -3.50. The molecule has 10 heteroatoms. The number of aryl methyl sites for hydroxylation is 1. The van der Waals surface area contributed by atoms with Gasteiger partial charge in [0.2, 0.25) is 0 Å². The minimum atomic E-state index is -1.16. The summed E-state index contributed by atoms with van der Waals surface area (Å²) in [7, 11) is 0. The quantitative estimate of drug-likeness (QED) is 0.316. The molecular formula is C23H26FN3O6. The lowest BCUT2D eigenvalue weighted by atomic mass is 10.0. The molecule has 2 atom stereocenters. The van der Waals surface area contributed by atoms with Gasteiger partial charge in [0.1, 0.15) is 5.82 Å². The van der Waals surface area contributed by atoms with Gasteiger partial charge in [-0.3, -0.25) is 14.4 Å². The van der Waals surface area contributed by atoms with Crippen LogP contribution in [0.4, 0.5) is 10.1 Å². The van der Waals surface area contributed by atoms with Crippen molar-refractivity contribution in [2.75, 3.05) is 11.9 Å². The van der Waals surface area contributed by atoms with E-state index >= 15 is 0 Å². The number of nitrogens with one attached hydrogen (secondary N) is 3. The zero-order valence-corrected chi connectivity index (χ0v) is 18.2. The molecule has 0 aliphatic carbocycles. The van der Waals surface area contributed by atoms with Gasteiger partial charge in [0.25, 0.3) is 11.8 Å². The average molecular weight is 459 g/mol. The number of carboxylic acids is 1. The smallest absolute Gasteiger partial charge is 0.305 e. The molecule has 3 rings (SSSR count). The maximum atomic E-state index is 13.7. The SMILES string of the molecule is Cc1[nH]c(/C=C2\C(=O)Nc3ccc(F)cc32)c(C)c1C(=O)NCCC(O)CC(O)CC(=O)O. The number of halogens is 1. The molecule has 0 saturated carbocycles. The van der Waals surface area contributed by atoms with Gasteiger partial charge in [0.15, 0.2) is 0 Å². The van der Waals surface area contributed by atoms with Crippen LogP contribution in [0.3, 0.4) is 0 Å². The van der Waals surface area contributed by atoms with Crippen molar-refractivity contribution in [2.24, 2.45) is 0 Å². The van der Waals surface area contributed by atoms with E-state index < -0.39 is 30.4 Å². The minimum Gasteiger partial charge on any atom is -0.481 e. The number of aliphatic hydroxyl groups is 2. The first-order valence-electron chi connectivity index (χ1n) is 10.4. The number of carboxylic acid groups (broad SMARTS) is 1. The fraction of sp³-hybridized carbons (Fsp3) is 0.348. The summed E-state index contributed by atoms with van der Waals surface area (Å²) in [6.45, 7) is 3.56. The molecule has 0 radical (unpaired) electrons. The molecule has 176 valence electrons. The van der Waals surface area contributed by atoms with E-state index in [-0.39, 0.29) is 36.8 Å². The lowest BCUT2D eigenvalue weighted by molar-refractivity contribution is -0.139. The van der Waals surface area contributed by atoms with Crippen LogP contribution in [-0.2, 0) is 9.59 Å². The maximum absolute atomic E-state index is 13.7. The van der Waals surface area contributed by atoms with Crippen molar-refractivity contribution >= 4 is 35.1 Å². The molecule has 0 saturated heterocycles. The van der Waals surface area contributed by atoms with E-state index in [1.54, 1.807) is 19.9 Å². The Kier molecular flexibility index (Phi) is 7.29. The van der Waals surface area contributed by atoms with Crippen molar-refractivity contribution in [1.29, 1.82) is 0 Å². The van der Waals surface area contributed by atoms with Gasteiger partial charge in [-0.1, -0.05) is 0 Å². The maximum Gasteiger partial charge on any atom is 0.305 e. The van der Waals surface area contributed by atoms with E-state index in [0.717, 1.165) is 0 Å². The number of H-pyrrole nitrogens is 1. The van der Waals surface area contributed by atoms with Crippen molar-refractivity contribution < 1.29 is 34.1 Å². The monoisotopic (exact) mass is 459 g/mol. The van der Waals surface area contributed by atoms with Gasteiger partial charge < -0.3 is 30.9 Å². The average Bonchev–Trinajstić information content (AvgIpc) is 3.16. The molecule has 1 aliphatic heterocycles. The number of hydrogen-bond acceptors (Lipinski definition) is 5. The van der Waals surface area contributed by atoms with Crippen molar-refractivity contribution in [3.63, 3.8) is 0 Å². The van der Waals surface area contributed by atoms with Crippen LogP contribution in [0.2, 0.25) is 0 Å². The number of rotatable bonds is 9. The molecule has 9 nitrogen and oxygen atoms in total. The lowest BCUT2D eigenvalue weighted by Gasteiger charge is -2.14. The molecule has 1 aromatic heterocycles. The topological polar surface area (TPSA) is 152 Å². The van der Waals surface area contributed by atoms with Crippen molar-refractivity contribution in [3.8, 4) is 0 Å². The second-order valence-corrected chi connectivity index (χ2v) is 8.05. The second-order valence-electron chi connectivity index (χ2n) is 8.05. The normalized spacial score (nSPS) is 15.8. The van der Waals surface area contributed by atoms with Crippen molar-refractivity contribution in [3.05, 3.63) is 52.1 Å². The number of aromatic nitrogens is 1. The number of aliphatic hydroxyl groups excluding tert-OH is 2. The number of aromatic amines is 1. The number of anilines is 1. The van der Waals surface area contributed by atoms with Crippen LogP contribution in [0.25, 0.3) is 11.6 Å². The standard InChI is InChI=1S/C23H26FN3O6/c1-11-19(10-17-16-7-13(24)3-4-18(16)27-22(17)32)26-12(2)21(11)23(33)25-6-5-14(28)8-15(29)9-20(30)31/h3-4,7,10,14-15,26,28-29H,5-6,8-9H2,1-2H3,(H,25,33)(H,27,32)(H,30,31)/b17-10-. The van der Waals surface area contributed by atoms with Gasteiger partial charge in [-0.15, -0.1) is 0 Å². The number of amides is 2. The number of hydrogen-bond donors (Lipinski definition) is 6. The summed E-state index contributed by atoms with van der Waals surface area (Å²) >= 11 is 0. The van der Waals surface area contributed by atoms with Gasteiger partial charge in [-0.25, -0.2) is 4.39 Å². The summed E-state index contributed by atoms with van der Waals surface area (Å²) in [5, 5.41) is 33.5. The molecule has 0 spiro atoms. The highest BCUT2D eigenvalue weighted by molar-refractivity contribution is 6.34. The fourth-order valence-electron chi connectivity index (χ4n) is 3.86. The van der Waals surface area contributed by atoms with Gasteiger partial charge in [-0.2, -0.15) is 0 Å². The van der Waals surface area contributed by atoms with Gasteiger partial charge in [0.05, 0.1) is 29.8 Å². The fourth-order valence-corrected chi connectivity index (χ4v) is 3.86. The van der Waals surface area contributed by atoms with Crippen LogP contribution in [-0.4, -0.2) is 56.8 Å². The Bertz CT molecular complexity index is 1120. The summed E-state index contributed by atoms with van der Waals surface area (Å²) in [5.74, 6) is -2.37. The molecule has 2 unspecified atom stereocenters. The molecule has 0 bridgehead atoms. The predicted octanol–water partition coefficient (Wildman–Crippen LogP) is 1.97. The van der Waals surface area contributed by atoms with Crippen LogP contribution >= 0.6 is 0 Å². The first kappa shape index (κ1) is 24.1. The molecule has 1 aromatic carbocycles. The highest BCUT2D eigenvalue weighted by atomic mass is 19.1. The summed E-state index contributed by atoms with van der Waals surface area (Å²) < 4.78 is 13.7. The lowest BCUT2D eigenvalue weighted by Crippen LogP contribution is -2.29. The minimum absolute atomic E-state index is 0.105. The van der Waals surface area contributed by atoms with Crippen LogP contribution in [0, 0.1) is 19.7 Å². The summed E-state index contributed by atoms with van der Waals surface area (Å²) in [4.78, 5) is 38.7. The first-order chi connectivity index (χ1) is 15.6. The van der Waals surface area contributed by atoms with Crippen LogP contribution in [0.1, 0.15) is 52.1 Å². The summed E-state index contributed by atoms with van der Waals surface area (Å²) in [5.41, 5.74) is 3.34. The molecule has 1 aliphatic rings. The van der Waals surface area contributed by atoms with Crippen molar-refractivity contribution in [1.82, 2.24) is 10.3 Å². The zero-order chi connectivity index (χ0) is 24.3. The second kappa shape index (κ2) is 9.97. The van der Waals surface area contributed by atoms with Gasteiger partial charge >= 0.3 is 5.97 Å². The predicted molar refractivity (Wildman–Crippen MR) is 119 cm³/mol. The Morgan fingerprint density at radius 2 is 1.94 bits per heavy atom. The molecule has 6 N–H and O–H groups in total. The summed E-state index contributed by atoms with van der Waals surface area (Å²) in [6.07, 6.45) is -0.971. The zero-order valence-electron chi connectivity index (χ0n) is 18.2. The van der Waals surface area contributed by atoms with E-state index in [1.165, 1.54) is 18.2 Å². The number of fused-ring (bicyclic) bond motifs is 1.